The van der Waals surface area contributed by atoms with Gasteiger partial charge in [0.05, 0.1) is 6.54 Å². The van der Waals surface area contributed by atoms with E-state index in [-0.39, 0.29) is 5.91 Å². The summed E-state index contributed by atoms with van der Waals surface area (Å²) < 4.78 is 0. The van der Waals surface area contributed by atoms with Crippen molar-refractivity contribution in [3.63, 3.8) is 0 Å². The molecule has 0 spiro atoms. The maximum atomic E-state index is 11.3. The maximum Gasteiger partial charge on any atom is 0.234 e. The first kappa shape index (κ1) is 14.4. The third kappa shape index (κ3) is 6.47. The van der Waals surface area contributed by atoms with E-state index in [1.807, 2.05) is 32.8 Å². The van der Waals surface area contributed by atoms with Gasteiger partial charge in [0.15, 0.2) is 0 Å². The van der Waals surface area contributed by atoms with Gasteiger partial charge >= 0.3 is 0 Å². The average Bonchev–Trinajstić information content (AvgIpc) is 2.53. The quantitative estimate of drug-likeness (QED) is 0.740. The Morgan fingerprint density at radius 3 is 2.47 bits per heavy atom. The molecule has 4 nitrogen and oxygen atoms in total. The molecule has 0 aromatic heterocycles. The number of nitrogens with one attached hydrogen (secondary N) is 1. The molecule has 0 aromatic rings. The smallest absolute Gasteiger partial charge is 0.234 e. The minimum Gasteiger partial charge on any atom is -0.351 e. The van der Waals surface area contributed by atoms with Crippen LogP contribution in [0.4, 0.5) is 0 Å². The molecule has 0 aliphatic carbocycles. The molecule has 1 fully saturated rings. The Bertz CT molecular complexity index is 183. The number of hydrogen-bond acceptors (Lipinski definition) is 3. The number of rotatable bonds is 3. The molecule has 1 atom stereocenters. The van der Waals surface area contributed by atoms with Crippen LogP contribution in [0.5, 0.6) is 0 Å². The van der Waals surface area contributed by atoms with Gasteiger partial charge in [0.25, 0.3) is 0 Å². The van der Waals surface area contributed by atoms with E-state index in [0.29, 0.717) is 12.6 Å². The van der Waals surface area contributed by atoms with Gasteiger partial charge in [0, 0.05) is 12.6 Å². The highest BCUT2D eigenvalue weighted by atomic mass is 16.2. The summed E-state index contributed by atoms with van der Waals surface area (Å²) in [5.41, 5.74) is 0. The molecule has 1 saturated heterocycles. The van der Waals surface area contributed by atoms with Crippen molar-refractivity contribution in [1.29, 1.82) is 0 Å². The van der Waals surface area contributed by atoms with Gasteiger partial charge in [0.1, 0.15) is 0 Å². The van der Waals surface area contributed by atoms with E-state index in [0.717, 1.165) is 19.5 Å². The van der Waals surface area contributed by atoms with Gasteiger partial charge in [-0.05, 0) is 34.1 Å². The number of nitrogens with zero attached hydrogens (tertiary/aromatic N) is 2. The highest BCUT2D eigenvalue weighted by Crippen LogP contribution is 2.05. The van der Waals surface area contributed by atoms with E-state index in [9.17, 15) is 4.79 Å². The number of likely N-dealkylation sites (tertiary alicyclic amines) is 1. The van der Waals surface area contributed by atoms with Crippen molar-refractivity contribution < 1.29 is 4.79 Å². The van der Waals surface area contributed by atoms with Crippen LogP contribution in [0.15, 0.2) is 0 Å². The van der Waals surface area contributed by atoms with Crippen molar-refractivity contribution in [3.8, 4) is 0 Å². The van der Waals surface area contributed by atoms with Gasteiger partial charge in [0.2, 0.25) is 5.91 Å². The second kappa shape index (κ2) is 7.65. The van der Waals surface area contributed by atoms with Crippen LogP contribution in [-0.2, 0) is 4.79 Å². The fourth-order valence-corrected chi connectivity index (χ4v) is 1.61. The van der Waals surface area contributed by atoms with Crippen LogP contribution in [0, 0.1) is 0 Å². The molecule has 1 rings (SSSR count). The second-order valence-corrected chi connectivity index (χ2v) is 4.05. The number of carbonyl (C=O) groups is 1. The summed E-state index contributed by atoms with van der Waals surface area (Å²) >= 11 is 0. The molecule has 1 N–H and O–H groups in total. The Morgan fingerprint density at radius 1 is 1.47 bits per heavy atom. The van der Waals surface area contributed by atoms with Crippen molar-refractivity contribution >= 4 is 5.91 Å². The molecule has 15 heavy (non-hydrogen) atoms. The topological polar surface area (TPSA) is 35.6 Å². The fraction of sp³-hybridized carbons (Fsp3) is 0.909. The molecule has 4 heteroatoms. The molecule has 0 saturated carbocycles. The summed E-state index contributed by atoms with van der Waals surface area (Å²) in [4.78, 5) is 15.5. The first-order valence-electron chi connectivity index (χ1n) is 5.70. The van der Waals surface area contributed by atoms with Crippen LogP contribution in [0.3, 0.4) is 0 Å². The van der Waals surface area contributed by atoms with E-state index < -0.39 is 0 Å². The lowest BCUT2D eigenvalue weighted by Crippen LogP contribution is -2.41. The Kier molecular flexibility index (Phi) is 7.34. The lowest BCUT2D eigenvalue weighted by Gasteiger charge is -2.15. The van der Waals surface area contributed by atoms with Crippen molar-refractivity contribution in [2.75, 3.05) is 40.8 Å². The minimum atomic E-state index is 0.130. The Morgan fingerprint density at radius 2 is 2.07 bits per heavy atom. The summed E-state index contributed by atoms with van der Waals surface area (Å²) in [6, 6.07) is 0.359. The van der Waals surface area contributed by atoms with E-state index in [4.69, 9.17) is 0 Å². The van der Waals surface area contributed by atoms with Crippen molar-refractivity contribution in [3.05, 3.63) is 0 Å². The van der Waals surface area contributed by atoms with Crippen LogP contribution in [-0.4, -0.2) is 62.5 Å². The zero-order chi connectivity index (χ0) is 11.8. The molecule has 1 aliphatic rings. The van der Waals surface area contributed by atoms with Crippen molar-refractivity contribution in [1.82, 2.24) is 15.1 Å². The Labute approximate surface area is 93.6 Å². The predicted molar refractivity (Wildman–Crippen MR) is 63.9 cm³/mol. The molecule has 1 heterocycles. The van der Waals surface area contributed by atoms with Gasteiger partial charge in [-0.2, -0.15) is 0 Å². The standard InChI is InChI=1S/C9H19N3O.C2H6/c1-11(2)7-9(13)10-8-4-5-12(3)6-8;1-2/h8H,4-7H2,1-3H3,(H,10,13);1-2H3. The third-order valence-corrected chi connectivity index (χ3v) is 2.22. The maximum absolute atomic E-state index is 11.3. The van der Waals surface area contributed by atoms with Crippen LogP contribution < -0.4 is 5.32 Å². The molecule has 0 bridgehead atoms. The lowest BCUT2D eigenvalue weighted by molar-refractivity contribution is -0.122. The average molecular weight is 215 g/mol. The van der Waals surface area contributed by atoms with Crippen molar-refractivity contribution in [2.24, 2.45) is 0 Å². The summed E-state index contributed by atoms with van der Waals surface area (Å²) in [5.74, 6) is 0.130. The number of hydrogen-bond donors (Lipinski definition) is 1. The molecule has 1 unspecified atom stereocenters. The largest absolute Gasteiger partial charge is 0.351 e. The fourth-order valence-electron chi connectivity index (χ4n) is 1.61. The van der Waals surface area contributed by atoms with Gasteiger partial charge in [-0.25, -0.2) is 0 Å². The third-order valence-electron chi connectivity index (χ3n) is 2.22. The zero-order valence-corrected chi connectivity index (χ0v) is 10.7. The highest BCUT2D eigenvalue weighted by molar-refractivity contribution is 5.78. The molecule has 1 aliphatic heterocycles. The molecule has 0 aromatic carbocycles. The summed E-state index contributed by atoms with van der Waals surface area (Å²) in [6.07, 6.45) is 1.08. The van der Waals surface area contributed by atoms with E-state index in [2.05, 4.69) is 17.3 Å². The molecule has 0 radical (unpaired) electrons. The van der Waals surface area contributed by atoms with Gasteiger partial charge in [-0.15, -0.1) is 0 Å². The monoisotopic (exact) mass is 215 g/mol. The Hall–Kier alpha value is -0.610. The van der Waals surface area contributed by atoms with E-state index in [1.54, 1.807) is 0 Å². The van der Waals surface area contributed by atoms with Gasteiger partial charge < -0.3 is 15.1 Å². The summed E-state index contributed by atoms with van der Waals surface area (Å²) in [6.45, 7) is 6.56. The van der Waals surface area contributed by atoms with Gasteiger partial charge in [-0.1, -0.05) is 13.8 Å². The first-order chi connectivity index (χ1) is 7.08. The summed E-state index contributed by atoms with van der Waals surface area (Å²) in [7, 11) is 5.89. The van der Waals surface area contributed by atoms with Crippen LogP contribution in [0.1, 0.15) is 20.3 Å². The Balaban J connectivity index is 0.000000921. The van der Waals surface area contributed by atoms with Crippen LogP contribution in [0.25, 0.3) is 0 Å². The number of carbonyl (C=O) groups excluding carboxylic acids is 1. The normalized spacial score (nSPS) is 21.1. The van der Waals surface area contributed by atoms with Gasteiger partial charge in [-0.3, -0.25) is 4.79 Å². The van der Waals surface area contributed by atoms with Crippen LogP contribution in [0.2, 0.25) is 0 Å². The predicted octanol–water partition coefficient (Wildman–Crippen LogP) is 0.395. The number of amides is 1. The summed E-state index contributed by atoms with van der Waals surface area (Å²) in [5, 5.41) is 3.02. The second-order valence-electron chi connectivity index (χ2n) is 4.05. The lowest BCUT2D eigenvalue weighted by atomic mass is 10.2. The van der Waals surface area contributed by atoms with E-state index >= 15 is 0 Å². The molecule has 1 amide bonds. The minimum absolute atomic E-state index is 0.130. The highest BCUT2D eigenvalue weighted by Gasteiger charge is 2.20. The molecular formula is C11H25N3O. The van der Waals surface area contributed by atoms with Crippen LogP contribution >= 0.6 is 0 Å². The SMILES string of the molecule is CC.CN(C)CC(=O)NC1CCN(C)C1. The first-order valence-corrected chi connectivity index (χ1v) is 5.70. The van der Waals surface area contributed by atoms with Crippen molar-refractivity contribution in [2.45, 2.75) is 26.3 Å². The molecule has 90 valence electrons. The molecular weight excluding hydrogens is 190 g/mol. The zero-order valence-electron chi connectivity index (χ0n) is 10.7. The van der Waals surface area contributed by atoms with E-state index in [1.165, 1.54) is 0 Å². The number of likely N-dealkylation sites (N-methyl/N-ethyl adjacent to an activating group) is 2.